The number of aromatic nitrogens is 1. The molecule has 108 valence electrons. The zero-order valence-corrected chi connectivity index (χ0v) is 12.9. The van der Waals surface area contributed by atoms with Gasteiger partial charge in [-0.25, -0.2) is 4.98 Å². The molecule has 0 amide bonds. The highest BCUT2D eigenvalue weighted by Gasteiger charge is 2.08. The molecule has 0 atom stereocenters. The quantitative estimate of drug-likeness (QED) is 0.780. The number of nitrogens with two attached hydrogens (primary N) is 1. The third kappa shape index (κ3) is 7.16. The van der Waals surface area contributed by atoms with E-state index in [1.54, 1.807) is 0 Å². The van der Waals surface area contributed by atoms with Crippen LogP contribution in [0.2, 0.25) is 0 Å². The normalized spacial score (nSPS) is 11.7. The van der Waals surface area contributed by atoms with Gasteiger partial charge in [-0.05, 0) is 49.4 Å². The predicted molar refractivity (Wildman–Crippen MR) is 82.8 cm³/mol. The summed E-state index contributed by atoms with van der Waals surface area (Å²) in [5.74, 6) is 2.11. The van der Waals surface area contributed by atoms with Gasteiger partial charge < -0.3 is 5.73 Å². The second kappa shape index (κ2) is 8.16. The fourth-order valence-electron chi connectivity index (χ4n) is 1.94. The molecular formula is C16H29N3. The lowest BCUT2D eigenvalue weighted by Gasteiger charge is -2.24. The molecular weight excluding hydrogens is 234 g/mol. The van der Waals surface area contributed by atoms with Gasteiger partial charge in [0.15, 0.2) is 0 Å². The SMILES string of the molecule is CC(C)CCN(CCC(C)C)Cc1ccc(N)nc1. The summed E-state index contributed by atoms with van der Waals surface area (Å²) >= 11 is 0. The van der Waals surface area contributed by atoms with Crippen LogP contribution in [0, 0.1) is 11.8 Å². The summed E-state index contributed by atoms with van der Waals surface area (Å²) in [6.45, 7) is 12.4. The average Bonchev–Trinajstić information content (AvgIpc) is 2.35. The monoisotopic (exact) mass is 263 g/mol. The van der Waals surface area contributed by atoms with Crippen molar-refractivity contribution in [3.63, 3.8) is 0 Å². The Balaban J connectivity index is 2.53. The van der Waals surface area contributed by atoms with E-state index < -0.39 is 0 Å². The Kier molecular flexibility index (Phi) is 6.85. The minimum atomic E-state index is 0.597. The molecule has 1 aromatic rings. The van der Waals surface area contributed by atoms with Crippen LogP contribution in [0.15, 0.2) is 18.3 Å². The van der Waals surface area contributed by atoms with Crippen LogP contribution in [-0.4, -0.2) is 23.0 Å². The van der Waals surface area contributed by atoms with Crippen molar-refractivity contribution in [3.8, 4) is 0 Å². The molecule has 0 aromatic carbocycles. The Morgan fingerprint density at radius 2 is 1.63 bits per heavy atom. The zero-order chi connectivity index (χ0) is 14.3. The van der Waals surface area contributed by atoms with Gasteiger partial charge in [0.25, 0.3) is 0 Å². The summed E-state index contributed by atoms with van der Waals surface area (Å²) in [4.78, 5) is 6.71. The van der Waals surface area contributed by atoms with E-state index in [-0.39, 0.29) is 0 Å². The lowest BCUT2D eigenvalue weighted by atomic mass is 10.1. The van der Waals surface area contributed by atoms with Crippen LogP contribution in [0.4, 0.5) is 5.82 Å². The summed E-state index contributed by atoms with van der Waals surface area (Å²) in [6.07, 6.45) is 4.40. The second-order valence-electron chi connectivity index (χ2n) is 6.23. The Labute approximate surface area is 118 Å². The predicted octanol–water partition coefficient (Wildman–Crippen LogP) is 3.56. The number of anilines is 1. The van der Waals surface area contributed by atoms with Crippen LogP contribution in [0.25, 0.3) is 0 Å². The standard InChI is InChI=1S/C16H29N3/c1-13(2)7-9-19(10-8-14(3)4)12-15-5-6-16(17)18-11-15/h5-6,11,13-14H,7-10,12H2,1-4H3,(H2,17,18). The van der Waals surface area contributed by atoms with E-state index in [1.165, 1.54) is 18.4 Å². The smallest absolute Gasteiger partial charge is 0.123 e. The second-order valence-corrected chi connectivity index (χ2v) is 6.23. The third-order valence-corrected chi connectivity index (χ3v) is 3.30. The Morgan fingerprint density at radius 1 is 1.05 bits per heavy atom. The summed E-state index contributed by atoms with van der Waals surface area (Å²) in [5, 5.41) is 0. The number of hydrogen-bond donors (Lipinski definition) is 1. The van der Waals surface area contributed by atoms with E-state index in [0.29, 0.717) is 5.82 Å². The van der Waals surface area contributed by atoms with E-state index in [9.17, 15) is 0 Å². The molecule has 0 unspecified atom stereocenters. The van der Waals surface area contributed by atoms with Gasteiger partial charge in [0.1, 0.15) is 5.82 Å². The summed E-state index contributed by atoms with van der Waals surface area (Å²) in [5.41, 5.74) is 6.88. The minimum absolute atomic E-state index is 0.597. The molecule has 3 nitrogen and oxygen atoms in total. The van der Waals surface area contributed by atoms with Crippen molar-refractivity contribution in [1.29, 1.82) is 0 Å². The van der Waals surface area contributed by atoms with Gasteiger partial charge in [-0.2, -0.15) is 0 Å². The first kappa shape index (κ1) is 16.0. The molecule has 0 fully saturated rings. The van der Waals surface area contributed by atoms with Crippen molar-refractivity contribution >= 4 is 5.82 Å². The van der Waals surface area contributed by atoms with Gasteiger partial charge in [-0.1, -0.05) is 33.8 Å². The van der Waals surface area contributed by atoms with E-state index in [4.69, 9.17) is 5.73 Å². The molecule has 0 saturated carbocycles. The number of rotatable bonds is 8. The molecule has 0 aliphatic heterocycles. The largest absolute Gasteiger partial charge is 0.384 e. The van der Waals surface area contributed by atoms with Crippen molar-refractivity contribution in [1.82, 2.24) is 9.88 Å². The van der Waals surface area contributed by atoms with Gasteiger partial charge in [-0.15, -0.1) is 0 Å². The molecule has 0 aliphatic rings. The molecule has 2 N–H and O–H groups in total. The van der Waals surface area contributed by atoms with Crippen molar-refractivity contribution in [3.05, 3.63) is 23.9 Å². The highest BCUT2D eigenvalue weighted by molar-refractivity contribution is 5.29. The van der Waals surface area contributed by atoms with Gasteiger partial charge in [0, 0.05) is 12.7 Å². The van der Waals surface area contributed by atoms with Crippen LogP contribution in [0.1, 0.15) is 46.1 Å². The molecule has 0 aliphatic carbocycles. The average molecular weight is 263 g/mol. The fourth-order valence-corrected chi connectivity index (χ4v) is 1.94. The van der Waals surface area contributed by atoms with Gasteiger partial charge in [0.2, 0.25) is 0 Å². The summed E-state index contributed by atoms with van der Waals surface area (Å²) in [7, 11) is 0. The van der Waals surface area contributed by atoms with Crippen LogP contribution in [-0.2, 0) is 6.54 Å². The molecule has 0 saturated heterocycles. The van der Waals surface area contributed by atoms with Crippen molar-refractivity contribution < 1.29 is 0 Å². The minimum Gasteiger partial charge on any atom is -0.384 e. The van der Waals surface area contributed by atoms with E-state index in [2.05, 4.69) is 43.6 Å². The van der Waals surface area contributed by atoms with E-state index in [1.807, 2.05) is 12.3 Å². The molecule has 0 spiro atoms. The fraction of sp³-hybridized carbons (Fsp3) is 0.688. The van der Waals surface area contributed by atoms with Gasteiger partial charge in [0.05, 0.1) is 0 Å². The summed E-state index contributed by atoms with van der Waals surface area (Å²) < 4.78 is 0. The van der Waals surface area contributed by atoms with Crippen LogP contribution < -0.4 is 5.73 Å². The topological polar surface area (TPSA) is 42.1 Å². The lowest BCUT2D eigenvalue weighted by Crippen LogP contribution is -2.27. The molecule has 19 heavy (non-hydrogen) atoms. The molecule has 3 heteroatoms. The first-order valence-corrected chi connectivity index (χ1v) is 7.40. The lowest BCUT2D eigenvalue weighted by molar-refractivity contribution is 0.235. The van der Waals surface area contributed by atoms with Crippen molar-refractivity contribution in [2.24, 2.45) is 11.8 Å². The van der Waals surface area contributed by atoms with Crippen LogP contribution >= 0.6 is 0 Å². The highest BCUT2D eigenvalue weighted by atomic mass is 15.1. The number of nitrogen functional groups attached to an aromatic ring is 1. The number of hydrogen-bond acceptors (Lipinski definition) is 3. The number of nitrogens with zero attached hydrogens (tertiary/aromatic N) is 2. The zero-order valence-electron chi connectivity index (χ0n) is 12.9. The van der Waals surface area contributed by atoms with Gasteiger partial charge in [-0.3, -0.25) is 4.90 Å². The molecule has 0 bridgehead atoms. The number of pyridine rings is 1. The van der Waals surface area contributed by atoms with E-state index >= 15 is 0 Å². The van der Waals surface area contributed by atoms with Crippen LogP contribution in [0.3, 0.4) is 0 Å². The Morgan fingerprint density at radius 3 is 2.05 bits per heavy atom. The van der Waals surface area contributed by atoms with Crippen molar-refractivity contribution in [2.75, 3.05) is 18.8 Å². The molecule has 0 radical (unpaired) electrons. The maximum atomic E-state index is 5.63. The third-order valence-electron chi connectivity index (χ3n) is 3.30. The first-order valence-electron chi connectivity index (χ1n) is 7.40. The summed E-state index contributed by atoms with van der Waals surface area (Å²) in [6, 6.07) is 3.97. The molecule has 1 rings (SSSR count). The maximum absolute atomic E-state index is 5.63. The molecule has 1 heterocycles. The maximum Gasteiger partial charge on any atom is 0.123 e. The molecule has 1 aromatic heterocycles. The Bertz CT molecular complexity index is 332. The highest BCUT2D eigenvalue weighted by Crippen LogP contribution is 2.11. The first-order chi connectivity index (χ1) is 8.97. The van der Waals surface area contributed by atoms with Crippen molar-refractivity contribution in [2.45, 2.75) is 47.1 Å². The van der Waals surface area contributed by atoms with Gasteiger partial charge >= 0.3 is 0 Å². The Hall–Kier alpha value is -1.09. The van der Waals surface area contributed by atoms with E-state index in [0.717, 1.165) is 31.5 Å². The van der Waals surface area contributed by atoms with Crippen LogP contribution in [0.5, 0.6) is 0 Å².